The number of benzene rings is 3. The number of carbonyl (C=O) groups is 1. The first kappa shape index (κ1) is 19.0. The van der Waals surface area contributed by atoms with Gasteiger partial charge in [0.05, 0.1) is 17.0 Å². The van der Waals surface area contributed by atoms with Gasteiger partial charge >= 0.3 is 0 Å². The first-order chi connectivity index (χ1) is 13.9. The molecule has 0 spiro atoms. The number of hydrogen-bond donors (Lipinski definition) is 1. The third-order valence-electron chi connectivity index (χ3n) is 5.27. The summed E-state index contributed by atoms with van der Waals surface area (Å²) in [6, 6.07) is 19.7. The van der Waals surface area contributed by atoms with E-state index in [1.807, 2.05) is 72.3 Å². The molecule has 4 aromatic rings. The highest BCUT2D eigenvalue weighted by atomic mass is 16.5. The lowest BCUT2D eigenvalue weighted by Crippen LogP contribution is -2.27. The van der Waals surface area contributed by atoms with E-state index in [-0.39, 0.29) is 5.91 Å². The van der Waals surface area contributed by atoms with E-state index in [1.165, 1.54) is 7.05 Å². The van der Waals surface area contributed by atoms with E-state index in [9.17, 15) is 10.0 Å². The van der Waals surface area contributed by atoms with Gasteiger partial charge in [0.1, 0.15) is 18.2 Å². The molecule has 0 aliphatic heterocycles. The average molecular weight is 389 g/mol. The Morgan fingerprint density at radius 1 is 1.14 bits per heavy atom. The quantitative estimate of drug-likeness (QED) is 0.409. The van der Waals surface area contributed by atoms with Crippen molar-refractivity contribution in [3.63, 3.8) is 0 Å². The lowest BCUT2D eigenvalue weighted by atomic mass is 9.97. The first-order valence-electron chi connectivity index (χ1n) is 9.47. The number of hydroxylamine groups is 2. The van der Waals surface area contributed by atoms with Gasteiger partial charge in [-0.2, -0.15) is 0 Å². The van der Waals surface area contributed by atoms with Crippen LogP contribution in [0.2, 0.25) is 0 Å². The Balaban J connectivity index is 1.53. The van der Waals surface area contributed by atoms with Crippen LogP contribution in [0.15, 0.2) is 60.7 Å². The topological polar surface area (TPSA) is 67.6 Å². The normalized spacial score (nSPS) is 12.3. The molecule has 148 valence electrons. The number of para-hydroxylation sites is 2. The molecular formula is C23H23N3O3. The number of amides is 1. The molecule has 0 fully saturated rings. The number of likely N-dealkylation sites (N-methyl/N-ethyl adjacent to an activating group) is 1. The SMILES string of the molecule is C[C@H](C(=O)N(C)O)c1ccc2cc(OCc3nc4ccccc4n3C)ccc2c1. The number of aromatic nitrogens is 2. The summed E-state index contributed by atoms with van der Waals surface area (Å²) >= 11 is 0. The van der Waals surface area contributed by atoms with Crippen LogP contribution in [0.4, 0.5) is 0 Å². The fraction of sp³-hybridized carbons (Fsp3) is 0.217. The lowest BCUT2D eigenvalue weighted by molar-refractivity contribution is -0.160. The highest BCUT2D eigenvalue weighted by molar-refractivity contribution is 5.88. The molecule has 3 aromatic carbocycles. The summed E-state index contributed by atoms with van der Waals surface area (Å²) in [5.74, 6) is 0.869. The van der Waals surface area contributed by atoms with Gasteiger partial charge in [0.2, 0.25) is 0 Å². The Hall–Kier alpha value is -3.38. The maximum atomic E-state index is 12.0. The van der Waals surface area contributed by atoms with Gasteiger partial charge in [-0.05, 0) is 47.5 Å². The second kappa shape index (κ2) is 7.56. The van der Waals surface area contributed by atoms with Crippen LogP contribution in [0.1, 0.15) is 24.2 Å². The van der Waals surface area contributed by atoms with E-state index in [1.54, 1.807) is 6.92 Å². The molecule has 0 aliphatic rings. The van der Waals surface area contributed by atoms with Crippen LogP contribution >= 0.6 is 0 Å². The number of fused-ring (bicyclic) bond motifs is 2. The van der Waals surface area contributed by atoms with Crippen LogP contribution < -0.4 is 4.74 Å². The monoisotopic (exact) mass is 389 g/mol. The second-order valence-corrected chi connectivity index (χ2v) is 7.22. The molecule has 1 N–H and O–H groups in total. The van der Waals surface area contributed by atoms with Gasteiger partial charge in [0.15, 0.2) is 0 Å². The molecule has 1 aromatic heterocycles. The predicted molar refractivity (Wildman–Crippen MR) is 112 cm³/mol. The summed E-state index contributed by atoms with van der Waals surface area (Å²) < 4.78 is 8.02. The minimum atomic E-state index is -0.414. The molecule has 6 nitrogen and oxygen atoms in total. The molecule has 29 heavy (non-hydrogen) atoms. The fourth-order valence-electron chi connectivity index (χ4n) is 3.50. The molecule has 0 saturated heterocycles. The summed E-state index contributed by atoms with van der Waals surface area (Å²) in [4.78, 5) is 16.6. The van der Waals surface area contributed by atoms with Crippen molar-refractivity contribution in [3.8, 4) is 5.75 Å². The van der Waals surface area contributed by atoms with Gasteiger partial charge in [0.25, 0.3) is 5.91 Å². The maximum Gasteiger partial charge on any atom is 0.252 e. The zero-order valence-corrected chi connectivity index (χ0v) is 16.7. The highest BCUT2D eigenvalue weighted by Gasteiger charge is 2.18. The number of rotatable bonds is 5. The smallest absolute Gasteiger partial charge is 0.252 e. The third-order valence-corrected chi connectivity index (χ3v) is 5.27. The Morgan fingerprint density at radius 3 is 2.62 bits per heavy atom. The molecule has 1 heterocycles. The third kappa shape index (κ3) is 3.67. The van der Waals surface area contributed by atoms with Crippen molar-refractivity contribution in [2.24, 2.45) is 7.05 Å². The van der Waals surface area contributed by atoms with E-state index in [2.05, 4.69) is 4.98 Å². The minimum Gasteiger partial charge on any atom is -0.486 e. The van der Waals surface area contributed by atoms with Gasteiger partial charge in [-0.25, -0.2) is 10.0 Å². The predicted octanol–water partition coefficient (Wildman–Crippen LogP) is 4.26. The maximum absolute atomic E-state index is 12.0. The summed E-state index contributed by atoms with van der Waals surface area (Å²) in [6.07, 6.45) is 0. The van der Waals surface area contributed by atoms with Crippen molar-refractivity contribution in [2.45, 2.75) is 19.4 Å². The Kier molecular flexibility index (Phi) is 4.94. The van der Waals surface area contributed by atoms with Gasteiger partial charge in [-0.3, -0.25) is 10.0 Å². The Bertz CT molecular complexity index is 1200. The van der Waals surface area contributed by atoms with E-state index >= 15 is 0 Å². The zero-order chi connectivity index (χ0) is 20.5. The Labute approximate surface area is 168 Å². The largest absolute Gasteiger partial charge is 0.486 e. The van der Waals surface area contributed by atoms with Crippen molar-refractivity contribution >= 4 is 27.7 Å². The molecule has 1 amide bonds. The molecule has 6 heteroatoms. The molecule has 0 unspecified atom stereocenters. The van der Waals surface area contributed by atoms with Crippen LogP contribution in [0.3, 0.4) is 0 Å². The van der Waals surface area contributed by atoms with E-state index in [0.717, 1.165) is 38.9 Å². The van der Waals surface area contributed by atoms with Crippen molar-refractivity contribution < 1.29 is 14.7 Å². The van der Waals surface area contributed by atoms with Crippen LogP contribution in [0.25, 0.3) is 21.8 Å². The molecule has 4 rings (SSSR count). The number of imidazole rings is 1. The standard InChI is InChI=1S/C23H23N3O3/c1-15(23(27)26(3)28)16-8-9-18-13-19(11-10-17(18)12-16)29-14-22-24-20-6-4-5-7-21(20)25(22)2/h4-13,15,28H,14H2,1-3H3/t15-/m0/s1. The van der Waals surface area contributed by atoms with Crippen molar-refractivity contribution in [3.05, 3.63) is 72.1 Å². The fourth-order valence-corrected chi connectivity index (χ4v) is 3.50. The molecule has 0 aliphatic carbocycles. The number of carbonyl (C=O) groups excluding carboxylic acids is 1. The zero-order valence-electron chi connectivity index (χ0n) is 16.7. The number of ether oxygens (including phenoxy) is 1. The van der Waals surface area contributed by atoms with Crippen LogP contribution in [-0.4, -0.2) is 32.8 Å². The van der Waals surface area contributed by atoms with Crippen LogP contribution in [0, 0.1) is 0 Å². The number of hydrogen-bond acceptors (Lipinski definition) is 4. The van der Waals surface area contributed by atoms with Crippen molar-refractivity contribution in [2.75, 3.05) is 7.05 Å². The van der Waals surface area contributed by atoms with E-state index in [0.29, 0.717) is 11.7 Å². The minimum absolute atomic E-state index is 0.341. The van der Waals surface area contributed by atoms with Crippen molar-refractivity contribution in [1.82, 2.24) is 14.6 Å². The number of nitrogens with zero attached hydrogens (tertiary/aromatic N) is 3. The van der Waals surface area contributed by atoms with Crippen LogP contribution in [-0.2, 0) is 18.4 Å². The van der Waals surface area contributed by atoms with Gasteiger partial charge < -0.3 is 9.30 Å². The first-order valence-corrected chi connectivity index (χ1v) is 9.47. The molecule has 0 bridgehead atoms. The summed E-state index contributed by atoms with van der Waals surface area (Å²) in [5, 5.41) is 12.0. The van der Waals surface area contributed by atoms with Gasteiger partial charge in [0, 0.05) is 14.1 Å². The molecule has 0 radical (unpaired) electrons. The number of aryl methyl sites for hydroxylation is 1. The summed E-state index contributed by atoms with van der Waals surface area (Å²) in [5.41, 5.74) is 2.89. The summed E-state index contributed by atoms with van der Waals surface area (Å²) in [7, 11) is 3.33. The van der Waals surface area contributed by atoms with Gasteiger partial charge in [-0.1, -0.05) is 36.4 Å². The average Bonchev–Trinajstić information content (AvgIpc) is 3.06. The molecule has 0 saturated carbocycles. The Morgan fingerprint density at radius 2 is 1.86 bits per heavy atom. The van der Waals surface area contributed by atoms with E-state index in [4.69, 9.17) is 4.74 Å². The molecule has 1 atom stereocenters. The van der Waals surface area contributed by atoms with E-state index < -0.39 is 5.92 Å². The van der Waals surface area contributed by atoms with Gasteiger partial charge in [-0.15, -0.1) is 0 Å². The highest BCUT2D eigenvalue weighted by Crippen LogP contribution is 2.26. The summed E-state index contributed by atoms with van der Waals surface area (Å²) in [6.45, 7) is 2.16. The van der Waals surface area contributed by atoms with Crippen LogP contribution in [0.5, 0.6) is 5.75 Å². The second-order valence-electron chi connectivity index (χ2n) is 7.22. The van der Waals surface area contributed by atoms with Crippen molar-refractivity contribution in [1.29, 1.82) is 0 Å². The molecular weight excluding hydrogens is 366 g/mol. The lowest BCUT2D eigenvalue weighted by Gasteiger charge is -2.16.